The molecule has 0 atom stereocenters. The van der Waals surface area contributed by atoms with Crippen LogP contribution in [-0.2, 0) is 4.74 Å². The molecule has 0 unspecified atom stereocenters. The molecule has 0 aliphatic rings. The van der Waals surface area contributed by atoms with Gasteiger partial charge < -0.3 is 14.2 Å². The van der Waals surface area contributed by atoms with Crippen LogP contribution in [0.5, 0.6) is 23.0 Å². The number of halogens is 4. The number of aromatic nitrogens is 4. The summed E-state index contributed by atoms with van der Waals surface area (Å²) in [5.41, 5.74) is 0.697. The highest BCUT2D eigenvalue weighted by Crippen LogP contribution is 2.30. The van der Waals surface area contributed by atoms with Crippen LogP contribution in [0.1, 0.15) is 20.8 Å². The second-order valence-electron chi connectivity index (χ2n) is 10.1. The summed E-state index contributed by atoms with van der Waals surface area (Å²) < 4.78 is 46.5. The van der Waals surface area contributed by atoms with Crippen LogP contribution in [-0.4, -0.2) is 31.7 Å². The van der Waals surface area contributed by atoms with E-state index in [9.17, 15) is 13.6 Å². The van der Waals surface area contributed by atoms with E-state index in [2.05, 4.69) is 37.9 Å². The van der Waals surface area contributed by atoms with Crippen LogP contribution in [0.15, 0.2) is 84.9 Å². The summed E-state index contributed by atoms with van der Waals surface area (Å²) in [5.74, 6) is 0.447. The number of hydrogen-bond donors (Lipinski definition) is 1. The Morgan fingerprint density at radius 2 is 1.37 bits per heavy atom. The first-order valence-electron chi connectivity index (χ1n) is 12.9. The van der Waals surface area contributed by atoms with Crippen molar-refractivity contribution in [3.8, 4) is 23.0 Å². The van der Waals surface area contributed by atoms with Crippen LogP contribution < -0.4 is 9.47 Å². The molecule has 1 N–H and O–H groups in total. The van der Waals surface area contributed by atoms with E-state index in [0.29, 0.717) is 20.7 Å². The lowest BCUT2D eigenvalue weighted by Gasteiger charge is -2.19. The molecule has 12 heteroatoms. The van der Waals surface area contributed by atoms with Gasteiger partial charge in [-0.15, -0.1) is 0 Å². The van der Waals surface area contributed by atoms with E-state index in [0.717, 1.165) is 20.0 Å². The summed E-state index contributed by atoms with van der Waals surface area (Å²) in [6.45, 7) is 5.36. The molecule has 0 spiro atoms. The van der Waals surface area contributed by atoms with Gasteiger partial charge in [0.05, 0.1) is 11.0 Å². The van der Waals surface area contributed by atoms with Gasteiger partial charge in [0, 0.05) is 22.9 Å². The maximum Gasteiger partial charge on any atom is 0.435 e. The first kappa shape index (κ1) is 30.7. The van der Waals surface area contributed by atoms with Gasteiger partial charge >= 0.3 is 6.09 Å². The van der Waals surface area contributed by atoms with Crippen LogP contribution in [0.2, 0.25) is 0 Å². The van der Waals surface area contributed by atoms with Crippen LogP contribution in [0.3, 0.4) is 0 Å². The molecular formula is C31H24F2I2N4O4. The molecule has 2 aromatic heterocycles. The van der Waals surface area contributed by atoms with Gasteiger partial charge in [-0.25, -0.2) is 13.6 Å². The van der Waals surface area contributed by atoms with Crippen molar-refractivity contribution < 1.29 is 27.8 Å². The topological polar surface area (TPSA) is 91.3 Å². The van der Waals surface area contributed by atoms with E-state index >= 15 is 0 Å². The van der Waals surface area contributed by atoms with E-state index in [1.807, 2.05) is 28.7 Å². The number of benzene rings is 4. The molecule has 0 bridgehead atoms. The molecule has 43 heavy (non-hydrogen) atoms. The fourth-order valence-corrected chi connectivity index (χ4v) is 5.14. The maximum atomic E-state index is 13.8. The summed E-state index contributed by atoms with van der Waals surface area (Å²) >= 11 is 4.22. The van der Waals surface area contributed by atoms with Crippen molar-refractivity contribution in [3.05, 3.63) is 104 Å². The number of rotatable bonds is 4. The maximum absolute atomic E-state index is 13.8. The fourth-order valence-electron chi connectivity index (χ4n) is 3.90. The van der Waals surface area contributed by atoms with E-state index in [-0.39, 0.29) is 17.3 Å². The van der Waals surface area contributed by atoms with Gasteiger partial charge in [0.2, 0.25) is 0 Å². The number of nitrogens with one attached hydrogen (secondary N) is 1. The Bertz CT molecular complexity index is 1940. The van der Waals surface area contributed by atoms with Gasteiger partial charge in [-0.2, -0.15) is 14.9 Å². The number of H-pyrrole nitrogens is 1. The molecule has 6 aromatic rings. The predicted octanol–water partition coefficient (Wildman–Crippen LogP) is 9.45. The fraction of sp³-hybridized carbons (Fsp3) is 0.129. The Morgan fingerprint density at radius 3 is 1.95 bits per heavy atom. The summed E-state index contributed by atoms with van der Waals surface area (Å²) in [6, 6.07) is 23.0. The number of ether oxygens (including phenoxy) is 3. The summed E-state index contributed by atoms with van der Waals surface area (Å²) in [5, 5.41) is 13.1. The van der Waals surface area contributed by atoms with Gasteiger partial charge in [-0.1, -0.05) is 24.3 Å². The normalized spacial score (nSPS) is 11.2. The standard InChI is InChI=1S/C18H16FIN2O3.C13H8FIN2O/c1-18(2,3)25-17(23)22-14-10-11(8-9-12(14)16(20)21-22)24-15-7-5-4-6-13(15)19;14-10-3-1-2-4-12(10)18-8-5-6-9-11(7-8)16-17-13(9)15/h4-10H,1-3H3;1-7H,(H,16,17). The highest BCUT2D eigenvalue weighted by molar-refractivity contribution is 14.1. The van der Waals surface area contributed by atoms with Crippen molar-refractivity contribution in [2.24, 2.45) is 0 Å². The third-order valence-corrected chi connectivity index (χ3v) is 7.40. The SMILES string of the molecule is CC(C)(C)OC(=O)n1nc(I)c2ccc(Oc3ccccc3F)cc21.Fc1ccccc1Oc1ccc2c(I)[nH]nc2c1. The Morgan fingerprint density at radius 1 is 0.814 bits per heavy atom. The minimum absolute atomic E-state index is 0.111. The largest absolute Gasteiger partial charge is 0.454 e. The molecule has 6 rings (SSSR count). The zero-order valence-corrected chi connectivity index (χ0v) is 27.4. The lowest BCUT2D eigenvalue weighted by atomic mass is 10.2. The van der Waals surface area contributed by atoms with Gasteiger partial charge in [-0.05, 0) is 114 Å². The molecule has 0 aliphatic carbocycles. The first-order valence-corrected chi connectivity index (χ1v) is 15.0. The molecule has 0 saturated heterocycles. The Hall–Kier alpha value is -3.79. The van der Waals surface area contributed by atoms with Gasteiger partial charge in [0.15, 0.2) is 23.1 Å². The molecule has 4 aromatic carbocycles. The monoisotopic (exact) mass is 808 g/mol. The number of aromatic amines is 1. The van der Waals surface area contributed by atoms with Gasteiger partial charge in [0.25, 0.3) is 0 Å². The minimum Gasteiger partial charge on any atom is -0.454 e. The zero-order chi connectivity index (χ0) is 30.7. The number of nitrogens with zero attached hydrogens (tertiary/aromatic N) is 3. The number of fused-ring (bicyclic) bond motifs is 2. The van der Waals surface area contributed by atoms with Crippen LogP contribution >= 0.6 is 45.2 Å². The quantitative estimate of drug-likeness (QED) is 0.179. The van der Waals surface area contributed by atoms with Crippen LogP contribution in [0.25, 0.3) is 21.8 Å². The van der Waals surface area contributed by atoms with E-state index in [1.54, 1.807) is 81.4 Å². The van der Waals surface area contributed by atoms with E-state index < -0.39 is 17.5 Å². The zero-order valence-electron chi connectivity index (χ0n) is 23.1. The second kappa shape index (κ2) is 12.8. The van der Waals surface area contributed by atoms with Crippen LogP contribution in [0, 0.1) is 19.0 Å². The third-order valence-electron chi connectivity index (χ3n) is 5.78. The second-order valence-corrected chi connectivity index (χ2v) is 12.2. The minimum atomic E-state index is -0.637. The van der Waals surface area contributed by atoms with Gasteiger partial charge in [0.1, 0.15) is 24.5 Å². The smallest absolute Gasteiger partial charge is 0.435 e. The number of carbonyl (C=O) groups excluding carboxylic acids is 1. The molecule has 0 saturated carbocycles. The number of hydrogen-bond acceptors (Lipinski definition) is 6. The van der Waals surface area contributed by atoms with Crippen LogP contribution in [0.4, 0.5) is 13.6 Å². The van der Waals surface area contributed by atoms with E-state index in [1.165, 1.54) is 22.9 Å². The molecule has 220 valence electrons. The summed E-state index contributed by atoms with van der Waals surface area (Å²) in [6.07, 6.45) is -0.580. The molecule has 0 aliphatic heterocycles. The lowest BCUT2D eigenvalue weighted by molar-refractivity contribution is 0.0522. The lowest BCUT2D eigenvalue weighted by Crippen LogP contribution is -2.27. The molecule has 2 heterocycles. The predicted molar refractivity (Wildman–Crippen MR) is 176 cm³/mol. The van der Waals surface area contributed by atoms with Crippen molar-refractivity contribution >= 4 is 73.1 Å². The number of carbonyl (C=O) groups is 1. The van der Waals surface area contributed by atoms with Crippen molar-refractivity contribution in [1.29, 1.82) is 0 Å². The summed E-state index contributed by atoms with van der Waals surface area (Å²) in [4.78, 5) is 12.4. The number of para-hydroxylation sites is 2. The highest BCUT2D eigenvalue weighted by atomic mass is 127. The first-order chi connectivity index (χ1) is 20.5. The van der Waals surface area contributed by atoms with Crippen molar-refractivity contribution in [3.63, 3.8) is 0 Å². The molecular weight excluding hydrogens is 784 g/mol. The molecule has 0 radical (unpaired) electrons. The molecule has 0 fully saturated rings. The highest BCUT2D eigenvalue weighted by Gasteiger charge is 2.22. The Labute approximate surface area is 272 Å². The Balaban J connectivity index is 0.000000180. The van der Waals surface area contributed by atoms with Crippen molar-refractivity contribution in [2.75, 3.05) is 0 Å². The average molecular weight is 808 g/mol. The summed E-state index contributed by atoms with van der Waals surface area (Å²) in [7, 11) is 0. The Kier molecular flexibility index (Phi) is 9.15. The van der Waals surface area contributed by atoms with Crippen molar-refractivity contribution in [1.82, 2.24) is 20.0 Å². The van der Waals surface area contributed by atoms with Gasteiger partial charge in [-0.3, -0.25) is 5.10 Å². The van der Waals surface area contributed by atoms with E-state index in [4.69, 9.17) is 14.2 Å². The molecule has 0 amide bonds. The molecule has 8 nitrogen and oxygen atoms in total. The third kappa shape index (κ3) is 7.41. The van der Waals surface area contributed by atoms with Crippen molar-refractivity contribution in [2.45, 2.75) is 26.4 Å². The average Bonchev–Trinajstić information content (AvgIpc) is 3.49.